The number of hydrogen-bond donors (Lipinski definition) is 0. The molecular weight excluding hydrogens is 232 g/mol. The molecule has 0 unspecified atom stereocenters. The molecule has 0 spiro atoms. The highest BCUT2D eigenvalue weighted by atomic mass is 16.5. The molecule has 0 fully saturated rings. The minimum atomic E-state index is 0.0792. The molecule has 4 nitrogen and oxygen atoms in total. The zero-order chi connectivity index (χ0) is 13.5. The fraction of sp³-hybridized carbons (Fsp3) is 0.357. The van der Waals surface area contributed by atoms with E-state index in [1.54, 1.807) is 32.4 Å². The van der Waals surface area contributed by atoms with Crippen LogP contribution in [0.5, 0.6) is 17.2 Å². The topological polar surface area (TPSA) is 44.8 Å². The fourth-order valence-electron chi connectivity index (χ4n) is 1.75. The first-order chi connectivity index (χ1) is 8.67. The van der Waals surface area contributed by atoms with Gasteiger partial charge in [0.2, 0.25) is 5.75 Å². The van der Waals surface area contributed by atoms with E-state index < -0.39 is 0 Å². The van der Waals surface area contributed by atoms with Gasteiger partial charge < -0.3 is 14.2 Å². The van der Waals surface area contributed by atoms with E-state index in [1.807, 2.05) is 0 Å². The Morgan fingerprint density at radius 2 is 1.83 bits per heavy atom. The van der Waals surface area contributed by atoms with Crippen molar-refractivity contribution in [1.82, 2.24) is 0 Å². The molecule has 1 rings (SSSR count). The zero-order valence-corrected chi connectivity index (χ0v) is 11.0. The van der Waals surface area contributed by atoms with E-state index >= 15 is 0 Å². The molecule has 0 radical (unpaired) electrons. The lowest BCUT2D eigenvalue weighted by molar-refractivity contribution is -0.117. The predicted molar refractivity (Wildman–Crippen MR) is 69.6 cm³/mol. The van der Waals surface area contributed by atoms with Crippen molar-refractivity contribution in [3.05, 3.63) is 30.4 Å². The maximum Gasteiger partial charge on any atom is 0.203 e. The molecule has 0 saturated carbocycles. The van der Waals surface area contributed by atoms with Gasteiger partial charge in [-0.15, -0.1) is 6.58 Å². The van der Waals surface area contributed by atoms with Crippen molar-refractivity contribution in [3.63, 3.8) is 0 Å². The third kappa shape index (κ3) is 3.03. The lowest BCUT2D eigenvalue weighted by Crippen LogP contribution is -2.05. The third-order valence-corrected chi connectivity index (χ3v) is 2.55. The molecule has 0 aliphatic heterocycles. The molecular formula is C14H18O4. The van der Waals surface area contributed by atoms with Crippen molar-refractivity contribution in [1.29, 1.82) is 0 Å². The molecule has 98 valence electrons. The number of carbonyl (C=O) groups excluding carboxylic acids is 1. The van der Waals surface area contributed by atoms with E-state index in [0.717, 1.165) is 5.56 Å². The average Bonchev–Trinajstić information content (AvgIpc) is 2.38. The lowest BCUT2D eigenvalue weighted by atomic mass is 10.0. The van der Waals surface area contributed by atoms with Gasteiger partial charge in [-0.2, -0.15) is 0 Å². The van der Waals surface area contributed by atoms with Gasteiger partial charge in [0.15, 0.2) is 11.5 Å². The summed E-state index contributed by atoms with van der Waals surface area (Å²) in [5.41, 5.74) is 0.780. The quantitative estimate of drug-likeness (QED) is 0.697. The third-order valence-electron chi connectivity index (χ3n) is 2.55. The van der Waals surface area contributed by atoms with Crippen LogP contribution in [-0.4, -0.2) is 27.1 Å². The van der Waals surface area contributed by atoms with E-state index in [4.69, 9.17) is 14.2 Å². The monoisotopic (exact) mass is 250 g/mol. The smallest absolute Gasteiger partial charge is 0.203 e. The summed E-state index contributed by atoms with van der Waals surface area (Å²) in [6.07, 6.45) is 2.22. The van der Waals surface area contributed by atoms with Crippen molar-refractivity contribution in [3.8, 4) is 17.2 Å². The number of hydrogen-bond acceptors (Lipinski definition) is 4. The molecule has 18 heavy (non-hydrogen) atoms. The van der Waals surface area contributed by atoms with Gasteiger partial charge in [0.25, 0.3) is 0 Å². The summed E-state index contributed by atoms with van der Waals surface area (Å²) in [4.78, 5) is 11.6. The van der Waals surface area contributed by atoms with Crippen LogP contribution in [-0.2, 0) is 11.2 Å². The molecule has 1 aromatic carbocycles. The second-order valence-electron chi connectivity index (χ2n) is 3.70. The van der Waals surface area contributed by atoms with Gasteiger partial charge in [0.1, 0.15) is 5.78 Å². The highest BCUT2D eigenvalue weighted by molar-refractivity contribution is 5.83. The van der Waals surface area contributed by atoms with Crippen LogP contribution in [0, 0.1) is 0 Å². The van der Waals surface area contributed by atoms with E-state index in [2.05, 4.69) is 6.58 Å². The summed E-state index contributed by atoms with van der Waals surface area (Å²) < 4.78 is 15.7. The summed E-state index contributed by atoms with van der Waals surface area (Å²) in [6.45, 7) is 3.55. The number of allylic oxidation sites excluding steroid dienone is 1. The molecule has 1 aromatic rings. The van der Waals surface area contributed by atoms with Crippen LogP contribution in [0.4, 0.5) is 0 Å². The van der Waals surface area contributed by atoms with Gasteiger partial charge in [-0.25, -0.2) is 0 Å². The molecule has 0 saturated heterocycles. The fourth-order valence-corrected chi connectivity index (χ4v) is 1.75. The summed E-state index contributed by atoms with van der Waals surface area (Å²) in [5.74, 6) is 1.70. The van der Waals surface area contributed by atoms with Crippen molar-refractivity contribution < 1.29 is 19.0 Å². The minimum absolute atomic E-state index is 0.0792. The van der Waals surface area contributed by atoms with E-state index in [9.17, 15) is 4.79 Å². The highest BCUT2D eigenvalue weighted by Crippen LogP contribution is 2.39. The van der Waals surface area contributed by atoms with E-state index in [1.165, 1.54) is 7.11 Å². The van der Waals surface area contributed by atoms with E-state index in [0.29, 0.717) is 23.7 Å². The lowest BCUT2D eigenvalue weighted by Gasteiger charge is -2.15. The molecule has 0 atom stereocenters. The molecule has 0 bridgehead atoms. The molecule has 0 N–H and O–H groups in total. The first kappa shape index (κ1) is 14.1. The second-order valence-corrected chi connectivity index (χ2v) is 3.70. The van der Waals surface area contributed by atoms with Gasteiger partial charge >= 0.3 is 0 Å². The Bertz CT molecular complexity index is 438. The Kier molecular flexibility index (Phi) is 5.24. The van der Waals surface area contributed by atoms with Crippen molar-refractivity contribution in [2.24, 2.45) is 0 Å². The Balaban J connectivity index is 3.12. The Labute approximate surface area is 107 Å². The van der Waals surface area contributed by atoms with Crippen molar-refractivity contribution >= 4 is 5.78 Å². The Morgan fingerprint density at radius 1 is 1.17 bits per heavy atom. The zero-order valence-electron chi connectivity index (χ0n) is 11.0. The van der Waals surface area contributed by atoms with Crippen LogP contribution in [0.25, 0.3) is 0 Å². The summed E-state index contributed by atoms with van der Waals surface area (Å²) in [6, 6.07) is 3.57. The maximum absolute atomic E-state index is 11.6. The molecule has 4 heteroatoms. The van der Waals surface area contributed by atoms with Gasteiger partial charge in [-0.1, -0.05) is 12.1 Å². The van der Waals surface area contributed by atoms with E-state index in [-0.39, 0.29) is 12.2 Å². The number of Topliss-reactive ketones (excluding diaryl/α,β-unsaturated/α-hetero) is 1. The summed E-state index contributed by atoms with van der Waals surface area (Å²) in [5, 5.41) is 0. The highest BCUT2D eigenvalue weighted by Gasteiger charge is 2.17. The minimum Gasteiger partial charge on any atom is -0.493 e. The maximum atomic E-state index is 11.6. The average molecular weight is 250 g/mol. The number of rotatable bonds is 7. The molecule has 0 amide bonds. The van der Waals surface area contributed by atoms with Gasteiger partial charge in [0.05, 0.1) is 21.3 Å². The number of methoxy groups -OCH3 is 3. The molecule has 0 aromatic heterocycles. The first-order valence-corrected chi connectivity index (χ1v) is 5.58. The summed E-state index contributed by atoms with van der Waals surface area (Å²) >= 11 is 0. The number of carbonyl (C=O) groups is 1. The van der Waals surface area contributed by atoms with Crippen molar-refractivity contribution in [2.75, 3.05) is 21.3 Å². The standard InChI is InChI=1S/C14H18O4/c1-5-6-11(15)9-10-7-8-12(16-2)14(18-4)13(10)17-3/h5,7-8H,1,6,9H2,2-4H3. The SMILES string of the molecule is C=CCC(=O)Cc1ccc(OC)c(OC)c1OC. The van der Waals surface area contributed by atoms with Gasteiger partial charge in [-0.05, 0) is 6.07 Å². The largest absolute Gasteiger partial charge is 0.493 e. The Hall–Kier alpha value is -1.97. The van der Waals surface area contributed by atoms with Gasteiger partial charge in [-0.3, -0.25) is 4.79 Å². The van der Waals surface area contributed by atoms with Crippen LogP contribution >= 0.6 is 0 Å². The second kappa shape index (κ2) is 6.69. The van der Waals surface area contributed by atoms with Gasteiger partial charge in [0, 0.05) is 18.4 Å². The van der Waals surface area contributed by atoms with Crippen LogP contribution in [0.15, 0.2) is 24.8 Å². The summed E-state index contributed by atoms with van der Waals surface area (Å²) in [7, 11) is 4.63. The Morgan fingerprint density at radius 3 is 2.33 bits per heavy atom. The van der Waals surface area contributed by atoms with Crippen LogP contribution < -0.4 is 14.2 Å². The first-order valence-electron chi connectivity index (χ1n) is 5.58. The molecule has 0 aliphatic rings. The van der Waals surface area contributed by atoms with Crippen LogP contribution in [0.1, 0.15) is 12.0 Å². The molecule has 0 aliphatic carbocycles. The van der Waals surface area contributed by atoms with Crippen molar-refractivity contribution in [2.45, 2.75) is 12.8 Å². The number of benzene rings is 1. The number of ether oxygens (including phenoxy) is 3. The van der Waals surface area contributed by atoms with Crippen LogP contribution in [0.3, 0.4) is 0 Å². The molecule has 0 heterocycles. The van der Waals surface area contributed by atoms with Crippen LogP contribution in [0.2, 0.25) is 0 Å². The number of ketones is 1. The predicted octanol–water partition coefficient (Wildman–Crippen LogP) is 2.40. The normalized spacial score (nSPS) is 9.72.